The average molecular weight is 333 g/mol. The summed E-state index contributed by atoms with van der Waals surface area (Å²) in [6, 6.07) is 9.10. The second-order valence-electron chi connectivity index (χ2n) is 4.87. The van der Waals surface area contributed by atoms with Crippen LogP contribution in [-0.2, 0) is 9.47 Å². The molecule has 0 fully saturated rings. The fraction of sp³-hybridized carbons (Fsp3) is 0.294. The molecular formula is C17H19NO4S. The lowest BCUT2D eigenvalue weighted by atomic mass is 10.0. The minimum atomic E-state index is -0.368. The molecule has 5 nitrogen and oxygen atoms in total. The van der Waals surface area contributed by atoms with Crippen molar-refractivity contribution in [2.24, 2.45) is 0 Å². The van der Waals surface area contributed by atoms with Crippen LogP contribution in [0.1, 0.15) is 25.6 Å². The number of aryl methyl sites for hydroxylation is 1. The number of nitrogens with one attached hydrogen (secondary N) is 1. The van der Waals surface area contributed by atoms with Gasteiger partial charge in [-0.05, 0) is 19.1 Å². The molecular weight excluding hydrogens is 314 g/mol. The summed E-state index contributed by atoms with van der Waals surface area (Å²) in [6.45, 7) is 2.76. The van der Waals surface area contributed by atoms with Crippen LogP contribution in [0.4, 0.5) is 0 Å². The van der Waals surface area contributed by atoms with Crippen molar-refractivity contribution in [1.29, 1.82) is 0 Å². The highest BCUT2D eigenvalue weighted by molar-refractivity contribution is 7.15. The van der Waals surface area contributed by atoms with Gasteiger partial charge in [-0.2, -0.15) is 0 Å². The molecule has 0 unspecified atom stereocenters. The maximum Gasteiger partial charge on any atom is 0.338 e. The molecule has 0 saturated heterocycles. The van der Waals surface area contributed by atoms with Crippen LogP contribution in [0.2, 0.25) is 0 Å². The van der Waals surface area contributed by atoms with E-state index in [4.69, 9.17) is 9.47 Å². The smallest absolute Gasteiger partial charge is 0.338 e. The molecule has 23 heavy (non-hydrogen) atoms. The standard InChI is InChI=1S/C17H19NO4S/c1-11-14(17(20)22-3)10-15(23-11)12-6-4-5-7-13(12)16(19)18-8-9-21-2/h4-7,10H,8-9H2,1-3H3,(H,18,19). The Hall–Kier alpha value is -2.18. The Kier molecular flexibility index (Phi) is 5.90. The summed E-state index contributed by atoms with van der Waals surface area (Å²) >= 11 is 1.47. The van der Waals surface area contributed by atoms with Crippen LogP contribution >= 0.6 is 11.3 Å². The van der Waals surface area contributed by atoms with E-state index < -0.39 is 0 Å². The summed E-state index contributed by atoms with van der Waals surface area (Å²) in [6.07, 6.45) is 0. The zero-order valence-corrected chi connectivity index (χ0v) is 14.2. The number of hydrogen-bond acceptors (Lipinski definition) is 5. The molecule has 0 saturated carbocycles. The first-order valence-electron chi connectivity index (χ1n) is 7.13. The van der Waals surface area contributed by atoms with Gasteiger partial charge in [-0.15, -0.1) is 11.3 Å². The van der Waals surface area contributed by atoms with Crippen molar-refractivity contribution in [3.05, 3.63) is 46.3 Å². The summed E-state index contributed by atoms with van der Waals surface area (Å²) in [7, 11) is 2.94. The molecule has 1 aromatic heterocycles. The van der Waals surface area contributed by atoms with Gasteiger partial charge in [0.25, 0.3) is 5.91 Å². The van der Waals surface area contributed by atoms with Crippen LogP contribution in [0.25, 0.3) is 10.4 Å². The third-order valence-corrected chi connectivity index (χ3v) is 4.44. The fourth-order valence-electron chi connectivity index (χ4n) is 2.19. The molecule has 0 bridgehead atoms. The summed E-state index contributed by atoms with van der Waals surface area (Å²) in [4.78, 5) is 25.8. The Morgan fingerprint density at radius 3 is 2.61 bits per heavy atom. The molecule has 0 spiro atoms. The quantitative estimate of drug-likeness (QED) is 0.652. The third kappa shape index (κ3) is 3.97. The molecule has 0 atom stereocenters. The number of carbonyl (C=O) groups excluding carboxylic acids is 2. The van der Waals surface area contributed by atoms with Crippen molar-refractivity contribution in [3.8, 4) is 10.4 Å². The molecule has 122 valence electrons. The second kappa shape index (κ2) is 7.89. The van der Waals surface area contributed by atoms with E-state index in [2.05, 4.69) is 5.32 Å². The van der Waals surface area contributed by atoms with Crippen LogP contribution < -0.4 is 5.32 Å². The van der Waals surface area contributed by atoms with Gasteiger partial charge >= 0.3 is 5.97 Å². The summed E-state index contributed by atoms with van der Waals surface area (Å²) in [5, 5.41) is 2.81. The van der Waals surface area contributed by atoms with Gasteiger partial charge in [-0.1, -0.05) is 18.2 Å². The van der Waals surface area contributed by atoms with E-state index in [0.29, 0.717) is 24.3 Å². The molecule has 0 aliphatic heterocycles. The molecule has 1 N–H and O–H groups in total. The number of carbonyl (C=O) groups is 2. The van der Waals surface area contributed by atoms with Crippen molar-refractivity contribution in [2.75, 3.05) is 27.4 Å². The molecule has 2 rings (SSSR count). The molecule has 0 radical (unpaired) electrons. The van der Waals surface area contributed by atoms with Crippen molar-refractivity contribution in [2.45, 2.75) is 6.92 Å². The molecule has 1 heterocycles. The predicted molar refractivity (Wildman–Crippen MR) is 90.0 cm³/mol. The number of amides is 1. The van der Waals surface area contributed by atoms with Crippen molar-refractivity contribution in [1.82, 2.24) is 5.32 Å². The number of methoxy groups -OCH3 is 2. The highest BCUT2D eigenvalue weighted by Crippen LogP contribution is 2.33. The number of benzene rings is 1. The molecule has 0 aliphatic carbocycles. The number of rotatable bonds is 6. The van der Waals surface area contributed by atoms with E-state index in [1.54, 1.807) is 19.2 Å². The lowest BCUT2D eigenvalue weighted by Gasteiger charge is -2.08. The van der Waals surface area contributed by atoms with Crippen molar-refractivity contribution >= 4 is 23.2 Å². The maximum atomic E-state index is 12.3. The molecule has 2 aromatic rings. The minimum absolute atomic E-state index is 0.164. The zero-order valence-electron chi connectivity index (χ0n) is 13.3. The van der Waals surface area contributed by atoms with Crippen LogP contribution in [-0.4, -0.2) is 39.2 Å². The highest BCUT2D eigenvalue weighted by atomic mass is 32.1. The first-order valence-corrected chi connectivity index (χ1v) is 7.95. The number of esters is 1. The van der Waals surface area contributed by atoms with Gasteiger partial charge in [0, 0.05) is 34.5 Å². The second-order valence-corrected chi connectivity index (χ2v) is 6.12. The highest BCUT2D eigenvalue weighted by Gasteiger charge is 2.18. The van der Waals surface area contributed by atoms with Crippen molar-refractivity contribution < 1.29 is 19.1 Å². The van der Waals surface area contributed by atoms with Gasteiger partial charge < -0.3 is 14.8 Å². The minimum Gasteiger partial charge on any atom is -0.465 e. The monoisotopic (exact) mass is 333 g/mol. The van der Waals surface area contributed by atoms with E-state index in [9.17, 15) is 9.59 Å². The van der Waals surface area contributed by atoms with Gasteiger partial charge in [-0.25, -0.2) is 4.79 Å². The zero-order chi connectivity index (χ0) is 16.8. The summed E-state index contributed by atoms with van der Waals surface area (Å²) in [5.41, 5.74) is 1.90. The van der Waals surface area contributed by atoms with Gasteiger partial charge in [0.1, 0.15) is 0 Å². The number of hydrogen-bond donors (Lipinski definition) is 1. The maximum absolute atomic E-state index is 12.3. The topological polar surface area (TPSA) is 64.6 Å². The first-order chi connectivity index (χ1) is 11.1. The Morgan fingerprint density at radius 2 is 1.91 bits per heavy atom. The molecule has 1 amide bonds. The third-order valence-electron chi connectivity index (χ3n) is 3.35. The Morgan fingerprint density at radius 1 is 1.17 bits per heavy atom. The summed E-state index contributed by atoms with van der Waals surface area (Å²) in [5.74, 6) is -0.532. The van der Waals surface area contributed by atoms with Gasteiger partial charge in [-0.3, -0.25) is 4.79 Å². The lowest BCUT2D eigenvalue weighted by Crippen LogP contribution is -2.27. The number of thiophene rings is 1. The van der Waals surface area contributed by atoms with E-state index >= 15 is 0 Å². The molecule has 6 heteroatoms. The van der Waals surface area contributed by atoms with E-state index in [-0.39, 0.29) is 11.9 Å². The SMILES string of the molecule is COCCNC(=O)c1ccccc1-c1cc(C(=O)OC)c(C)s1. The van der Waals surface area contributed by atoms with Crippen LogP contribution in [0.5, 0.6) is 0 Å². The lowest BCUT2D eigenvalue weighted by molar-refractivity contribution is 0.0600. The Labute approximate surface area is 139 Å². The van der Waals surface area contributed by atoms with Crippen molar-refractivity contribution in [3.63, 3.8) is 0 Å². The first kappa shape index (κ1) is 17.2. The Balaban J connectivity index is 2.34. The summed E-state index contributed by atoms with van der Waals surface area (Å²) < 4.78 is 9.72. The van der Waals surface area contributed by atoms with Crippen LogP contribution in [0.3, 0.4) is 0 Å². The average Bonchev–Trinajstić information content (AvgIpc) is 2.96. The largest absolute Gasteiger partial charge is 0.465 e. The van der Waals surface area contributed by atoms with Gasteiger partial charge in [0.2, 0.25) is 0 Å². The normalized spacial score (nSPS) is 10.4. The van der Waals surface area contributed by atoms with Gasteiger partial charge in [0.15, 0.2) is 0 Å². The molecule has 0 aliphatic rings. The van der Waals surface area contributed by atoms with Gasteiger partial charge in [0.05, 0.1) is 19.3 Å². The fourth-order valence-corrected chi connectivity index (χ4v) is 3.23. The van der Waals surface area contributed by atoms with E-state index in [0.717, 1.165) is 15.3 Å². The Bertz CT molecular complexity index is 708. The van der Waals surface area contributed by atoms with E-state index in [1.165, 1.54) is 18.4 Å². The van der Waals surface area contributed by atoms with E-state index in [1.807, 2.05) is 25.1 Å². The molecule has 1 aromatic carbocycles. The van der Waals surface area contributed by atoms with Crippen LogP contribution in [0.15, 0.2) is 30.3 Å². The van der Waals surface area contributed by atoms with Crippen LogP contribution in [0, 0.1) is 6.92 Å². The number of ether oxygens (including phenoxy) is 2. The predicted octanol–water partition coefficient (Wildman–Crippen LogP) is 2.89.